The van der Waals surface area contributed by atoms with E-state index in [0.29, 0.717) is 5.56 Å². The largest absolute Gasteiger partial charge is 0.416 e. The van der Waals surface area contributed by atoms with E-state index in [1.807, 2.05) is 0 Å². The van der Waals surface area contributed by atoms with Crippen molar-refractivity contribution in [2.45, 2.75) is 13.1 Å². The number of hydrogen-bond acceptors (Lipinski definition) is 1. The van der Waals surface area contributed by atoms with Crippen LogP contribution in [-0.4, -0.2) is 0 Å². The molecule has 1 aromatic carbocycles. The van der Waals surface area contributed by atoms with Crippen molar-refractivity contribution in [3.05, 3.63) is 34.9 Å². The third kappa shape index (κ3) is 2.22. The molecule has 1 aromatic rings. The zero-order valence-corrected chi connectivity index (χ0v) is 6.81. The number of benzene rings is 1. The number of hydrogen-bond donors (Lipinski definition) is 0. The Morgan fingerprint density at radius 3 is 2.31 bits per heavy atom. The van der Waals surface area contributed by atoms with E-state index in [4.69, 9.17) is 5.26 Å². The second kappa shape index (κ2) is 3.09. The molecule has 68 valence electrons. The Hall–Kier alpha value is -1.50. The minimum Gasteiger partial charge on any atom is -0.192 e. The minimum atomic E-state index is -4.38. The fourth-order valence-corrected chi connectivity index (χ4v) is 1.01. The number of alkyl halides is 3. The summed E-state index contributed by atoms with van der Waals surface area (Å²) in [5.74, 6) is 0. The van der Waals surface area contributed by atoms with Gasteiger partial charge < -0.3 is 0 Å². The third-order valence-electron chi connectivity index (χ3n) is 1.53. The summed E-state index contributed by atoms with van der Waals surface area (Å²) in [6.45, 7) is 1.52. The normalized spacial score (nSPS) is 11.0. The molecule has 0 atom stereocenters. The smallest absolute Gasteiger partial charge is 0.192 e. The quantitative estimate of drug-likeness (QED) is 0.609. The van der Waals surface area contributed by atoms with Crippen LogP contribution < -0.4 is 0 Å². The minimum absolute atomic E-state index is 0.0346. The number of halogens is 3. The van der Waals surface area contributed by atoms with Gasteiger partial charge in [0.05, 0.1) is 17.2 Å². The second-order valence-electron chi connectivity index (χ2n) is 2.70. The van der Waals surface area contributed by atoms with Gasteiger partial charge in [0.2, 0.25) is 0 Å². The fraction of sp³-hybridized carbons (Fsp3) is 0.222. The van der Waals surface area contributed by atoms with Crippen LogP contribution in [-0.2, 0) is 6.18 Å². The van der Waals surface area contributed by atoms with Gasteiger partial charge >= 0.3 is 6.18 Å². The number of aryl methyl sites for hydroxylation is 1. The summed E-state index contributed by atoms with van der Waals surface area (Å²) in [5.41, 5.74) is -0.303. The SMILES string of the molecule is Cc1cc(C#N)cc(C(F)(F)F)c1. The molecule has 0 radical (unpaired) electrons. The van der Waals surface area contributed by atoms with Crippen LogP contribution in [0.4, 0.5) is 13.2 Å². The average molecular weight is 185 g/mol. The van der Waals surface area contributed by atoms with Crippen LogP contribution in [0.5, 0.6) is 0 Å². The zero-order chi connectivity index (χ0) is 10.1. The summed E-state index contributed by atoms with van der Waals surface area (Å²) in [5, 5.41) is 8.43. The van der Waals surface area contributed by atoms with Crippen LogP contribution >= 0.6 is 0 Å². The maximum Gasteiger partial charge on any atom is 0.416 e. The van der Waals surface area contributed by atoms with Crippen LogP contribution in [0.3, 0.4) is 0 Å². The Morgan fingerprint density at radius 1 is 1.23 bits per heavy atom. The fourth-order valence-electron chi connectivity index (χ4n) is 1.01. The summed E-state index contributed by atoms with van der Waals surface area (Å²) in [6, 6.07) is 4.95. The van der Waals surface area contributed by atoms with Crippen molar-refractivity contribution in [2.75, 3.05) is 0 Å². The van der Waals surface area contributed by atoms with Crippen LogP contribution in [0, 0.1) is 18.3 Å². The Labute approximate surface area is 73.4 Å². The van der Waals surface area contributed by atoms with Crippen molar-refractivity contribution < 1.29 is 13.2 Å². The number of rotatable bonds is 0. The third-order valence-corrected chi connectivity index (χ3v) is 1.53. The molecule has 0 heterocycles. The molecule has 1 nitrogen and oxygen atoms in total. The van der Waals surface area contributed by atoms with Gasteiger partial charge in [0.15, 0.2) is 0 Å². The Balaban J connectivity index is 3.26. The Kier molecular flexibility index (Phi) is 2.28. The van der Waals surface area contributed by atoms with Crippen molar-refractivity contribution >= 4 is 0 Å². The summed E-state index contributed by atoms with van der Waals surface area (Å²) in [6.07, 6.45) is -4.38. The topological polar surface area (TPSA) is 23.8 Å². The van der Waals surface area contributed by atoms with E-state index in [0.717, 1.165) is 12.1 Å². The van der Waals surface area contributed by atoms with E-state index in [1.165, 1.54) is 13.0 Å². The number of nitrogens with zero attached hydrogens (tertiary/aromatic N) is 1. The number of nitriles is 1. The highest BCUT2D eigenvalue weighted by molar-refractivity contribution is 5.38. The monoisotopic (exact) mass is 185 g/mol. The highest BCUT2D eigenvalue weighted by Crippen LogP contribution is 2.30. The van der Waals surface area contributed by atoms with Crippen molar-refractivity contribution in [1.82, 2.24) is 0 Å². The van der Waals surface area contributed by atoms with E-state index < -0.39 is 11.7 Å². The lowest BCUT2D eigenvalue weighted by Gasteiger charge is -2.07. The lowest BCUT2D eigenvalue weighted by Crippen LogP contribution is -2.05. The lowest BCUT2D eigenvalue weighted by atomic mass is 10.1. The molecule has 0 aliphatic rings. The molecule has 0 aromatic heterocycles. The first-order chi connectivity index (χ1) is 5.93. The van der Waals surface area contributed by atoms with Crippen molar-refractivity contribution in [1.29, 1.82) is 5.26 Å². The molecule has 0 unspecified atom stereocenters. The summed E-state index contributed by atoms with van der Waals surface area (Å²) in [7, 11) is 0. The first kappa shape index (κ1) is 9.59. The van der Waals surface area contributed by atoms with Crippen molar-refractivity contribution in [2.24, 2.45) is 0 Å². The van der Waals surface area contributed by atoms with Crippen molar-refractivity contribution in [3.8, 4) is 6.07 Å². The molecular weight excluding hydrogens is 179 g/mol. The first-order valence-electron chi connectivity index (χ1n) is 3.52. The van der Waals surface area contributed by atoms with Crippen LogP contribution in [0.15, 0.2) is 18.2 Å². The van der Waals surface area contributed by atoms with Crippen LogP contribution in [0.25, 0.3) is 0 Å². The van der Waals surface area contributed by atoms with Gasteiger partial charge in [-0.25, -0.2) is 0 Å². The van der Waals surface area contributed by atoms with E-state index in [9.17, 15) is 13.2 Å². The van der Waals surface area contributed by atoms with Gasteiger partial charge in [0, 0.05) is 0 Å². The molecular formula is C9H6F3N. The summed E-state index contributed by atoms with van der Waals surface area (Å²) >= 11 is 0. The summed E-state index contributed by atoms with van der Waals surface area (Å²) < 4.78 is 36.5. The molecule has 0 aliphatic carbocycles. The first-order valence-corrected chi connectivity index (χ1v) is 3.52. The van der Waals surface area contributed by atoms with E-state index in [-0.39, 0.29) is 5.56 Å². The molecule has 0 amide bonds. The zero-order valence-electron chi connectivity index (χ0n) is 6.81. The van der Waals surface area contributed by atoms with Gasteiger partial charge in [-0.1, -0.05) is 0 Å². The molecule has 0 bridgehead atoms. The Morgan fingerprint density at radius 2 is 1.85 bits per heavy atom. The molecule has 4 heteroatoms. The second-order valence-corrected chi connectivity index (χ2v) is 2.70. The molecule has 1 rings (SSSR count). The average Bonchev–Trinajstić information content (AvgIpc) is 2.01. The van der Waals surface area contributed by atoms with Crippen LogP contribution in [0.1, 0.15) is 16.7 Å². The maximum absolute atomic E-state index is 12.2. The van der Waals surface area contributed by atoms with E-state index in [2.05, 4.69) is 0 Å². The molecule has 13 heavy (non-hydrogen) atoms. The van der Waals surface area contributed by atoms with E-state index in [1.54, 1.807) is 6.07 Å². The maximum atomic E-state index is 12.2. The molecule has 0 saturated heterocycles. The molecule has 0 N–H and O–H groups in total. The van der Waals surface area contributed by atoms with Crippen molar-refractivity contribution in [3.63, 3.8) is 0 Å². The molecule has 0 spiro atoms. The lowest BCUT2D eigenvalue weighted by molar-refractivity contribution is -0.137. The highest BCUT2D eigenvalue weighted by atomic mass is 19.4. The molecule has 0 fully saturated rings. The van der Waals surface area contributed by atoms with E-state index >= 15 is 0 Å². The van der Waals surface area contributed by atoms with Crippen LogP contribution in [0.2, 0.25) is 0 Å². The highest BCUT2D eigenvalue weighted by Gasteiger charge is 2.30. The predicted octanol–water partition coefficient (Wildman–Crippen LogP) is 2.89. The van der Waals surface area contributed by atoms with Gasteiger partial charge in [0.1, 0.15) is 0 Å². The Bertz CT molecular complexity index is 360. The van der Waals surface area contributed by atoms with Gasteiger partial charge in [-0.2, -0.15) is 18.4 Å². The van der Waals surface area contributed by atoms with Gasteiger partial charge in [-0.05, 0) is 30.7 Å². The molecule has 0 saturated carbocycles. The molecule has 0 aliphatic heterocycles. The predicted molar refractivity (Wildman–Crippen MR) is 40.9 cm³/mol. The summed E-state index contributed by atoms with van der Waals surface area (Å²) in [4.78, 5) is 0. The van der Waals surface area contributed by atoms with Gasteiger partial charge in [0.25, 0.3) is 0 Å². The standard InChI is InChI=1S/C9H6F3N/c1-6-2-7(5-13)4-8(3-6)9(10,11)12/h2-4H,1H3. The van der Waals surface area contributed by atoms with Gasteiger partial charge in [-0.15, -0.1) is 0 Å². The van der Waals surface area contributed by atoms with Gasteiger partial charge in [-0.3, -0.25) is 0 Å².